The minimum atomic E-state index is 0.785. The molecular weight excluding hydrogens is 230 g/mol. The first-order chi connectivity index (χ1) is 8.36. The molecule has 0 aromatic rings. The number of nitrogens with one attached hydrogen (secondary N) is 1. The van der Waals surface area contributed by atoms with E-state index in [0.29, 0.717) is 0 Å². The van der Waals surface area contributed by atoms with Crippen LogP contribution in [0.4, 0.5) is 0 Å². The Labute approximate surface area is 109 Å². The molecule has 98 valence electrons. The molecule has 0 aromatic carbocycles. The molecule has 1 saturated carbocycles. The minimum Gasteiger partial charge on any atom is -0.314 e. The van der Waals surface area contributed by atoms with Gasteiger partial charge in [-0.1, -0.05) is 0 Å². The molecule has 2 aliphatic heterocycles. The maximum absolute atomic E-state index is 3.55. The Kier molecular flexibility index (Phi) is 3.95. The quantitative estimate of drug-likeness (QED) is 0.797. The molecule has 0 bridgehead atoms. The molecule has 2 atom stereocenters. The molecule has 1 N–H and O–H groups in total. The normalized spacial score (nSPS) is 36.5. The second-order valence-electron chi connectivity index (χ2n) is 5.78. The molecule has 3 aliphatic rings. The molecule has 4 heteroatoms. The average Bonchev–Trinajstić information content (AvgIpc) is 3.05. The van der Waals surface area contributed by atoms with E-state index in [9.17, 15) is 0 Å². The van der Waals surface area contributed by atoms with Crippen LogP contribution in [-0.4, -0.2) is 73.2 Å². The lowest BCUT2D eigenvalue weighted by molar-refractivity contribution is 0.101. The van der Waals surface area contributed by atoms with E-state index in [2.05, 4.69) is 21.4 Å². The summed E-state index contributed by atoms with van der Waals surface area (Å²) in [5.74, 6) is 1.05. The second-order valence-corrected chi connectivity index (χ2v) is 6.86. The first kappa shape index (κ1) is 12.3. The standard InChI is InChI=1S/C13H25N3S/c1-17-13-9-14-8-12(13)16-6-4-15(5-7-16)10-11-2-3-11/h11-14H,2-10H2,1H3. The lowest BCUT2D eigenvalue weighted by atomic mass is 10.2. The van der Waals surface area contributed by atoms with E-state index in [1.165, 1.54) is 58.7 Å². The molecule has 2 heterocycles. The number of hydrogen-bond donors (Lipinski definition) is 1. The van der Waals surface area contributed by atoms with Crippen molar-refractivity contribution in [3.05, 3.63) is 0 Å². The SMILES string of the molecule is CSC1CNCC1N1CCN(CC2CC2)CC1. The minimum absolute atomic E-state index is 0.785. The fourth-order valence-electron chi connectivity index (χ4n) is 3.19. The van der Waals surface area contributed by atoms with Gasteiger partial charge < -0.3 is 10.2 Å². The molecule has 3 fully saturated rings. The summed E-state index contributed by atoms with van der Waals surface area (Å²) in [6, 6.07) is 0.785. The number of thioether (sulfide) groups is 1. The van der Waals surface area contributed by atoms with Crippen LogP contribution in [0.15, 0.2) is 0 Å². The van der Waals surface area contributed by atoms with Crippen molar-refractivity contribution < 1.29 is 0 Å². The largest absolute Gasteiger partial charge is 0.314 e. The summed E-state index contributed by atoms with van der Waals surface area (Å²) in [6.07, 6.45) is 5.23. The van der Waals surface area contributed by atoms with Crippen molar-refractivity contribution in [2.24, 2.45) is 5.92 Å². The van der Waals surface area contributed by atoms with Crippen molar-refractivity contribution in [1.29, 1.82) is 0 Å². The van der Waals surface area contributed by atoms with Gasteiger partial charge in [-0.2, -0.15) is 11.8 Å². The molecule has 0 amide bonds. The van der Waals surface area contributed by atoms with Crippen molar-refractivity contribution in [3.63, 3.8) is 0 Å². The third kappa shape index (κ3) is 2.98. The van der Waals surface area contributed by atoms with Crippen molar-refractivity contribution >= 4 is 11.8 Å². The van der Waals surface area contributed by atoms with E-state index >= 15 is 0 Å². The molecule has 3 nitrogen and oxygen atoms in total. The van der Waals surface area contributed by atoms with E-state index in [-0.39, 0.29) is 0 Å². The van der Waals surface area contributed by atoms with Crippen molar-refractivity contribution in [1.82, 2.24) is 15.1 Å². The van der Waals surface area contributed by atoms with Gasteiger partial charge in [0.25, 0.3) is 0 Å². The fraction of sp³-hybridized carbons (Fsp3) is 1.00. The number of piperazine rings is 1. The predicted molar refractivity (Wildman–Crippen MR) is 74.7 cm³/mol. The summed E-state index contributed by atoms with van der Waals surface area (Å²) >= 11 is 2.04. The first-order valence-electron chi connectivity index (χ1n) is 7.06. The molecule has 3 rings (SSSR count). The molecule has 0 radical (unpaired) electrons. The van der Waals surface area contributed by atoms with Gasteiger partial charge in [-0.05, 0) is 25.0 Å². The van der Waals surface area contributed by atoms with Crippen LogP contribution in [0.1, 0.15) is 12.8 Å². The lowest BCUT2D eigenvalue weighted by Gasteiger charge is -2.39. The van der Waals surface area contributed by atoms with Gasteiger partial charge in [0.1, 0.15) is 0 Å². The van der Waals surface area contributed by atoms with Crippen LogP contribution in [0.5, 0.6) is 0 Å². The van der Waals surface area contributed by atoms with Crippen molar-refractivity contribution in [2.45, 2.75) is 24.1 Å². The monoisotopic (exact) mass is 255 g/mol. The van der Waals surface area contributed by atoms with Crippen LogP contribution < -0.4 is 5.32 Å². The van der Waals surface area contributed by atoms with Gasteiger partial charge in [0, 0.05) is 57.1 Å². The Bertz CT molecular complexity index is 249. The zero-order chi connectivity index (χ0) is 11.7. The summed E-state index contributed by atoms with van der Waals surface area (Å²) in [6.45, 7) is 8.96. The summed E-state index contributed by atoms with van der Waals surface area (Å²) in [5.41, 5.74) is 0. The van der Waals surface area contributed by atoms with Gasteiger partial charge in [-0.25, -0.2) is 0 Å². The maximum atomic E-state index is 3.55. The summed E-state index contributed by atoms with van der Waals surface area (Å²) in [5, 5.41) is 4.36. The van der Waals surface area contributed by atoms with E-state index < -0.39 is 0 Å². The third-order valence-corrected chi connectivity index (χ3v) is 5.61. The first-order valence-corrected chi connectivity index (χ1v) is 8.35. The van der Waals surface area contributed by atoms with Crippen LogP contribution in [0.3, 0.4) is 0 Å². The van der Waals surface area contributed by atoms with Crippen LogP contribution in [0, 0.1) is 5.92 Å². The van der Waals surface area contributed by atoms with Gasteiger partial charge >= 0.3 is 0 Å². The predicted octanol–water partition coefficient (Wildman–Crippen LogP) is 0.717. The molecule has 0 spiro atoms. The molecule has 0 aromatic heterocycles. The Morgan fingerprint density at radius 3 is 2.53 bits per heavy atom. The Hall–Kier alpha value is 0.230. The molecule has 2 unspecified atom stereocenters. The van der Waals surface area contributed by atoms with E-state index in [1.807, 2.05) is 11.8 Å². The molecule has 17 heavy (non-hydrogen) atoms. The highest BCUT2D eigenvalue weighted by molar-refractivity contribution is 7.99. The fourth-order valence-corrected chi connectivity index (χ4v) is 4.06. The van der Waals surface area contributed by atoms with Crippen LogP contribution in [0.2, 0.25) is 0 Å². The summed E-state index contributed by atoms with van der Waals surface area (Å²) in [7, 11) is 0. The Morgan fingerprint density at radius 1 is 1.12 bits per heavy atom. The van der Waals surface area contributed by atoms with Gasteiger partial charge in [-0.15, -0.1) is 0 Å². The van der Waals surface area contributed by atoms with Crippen LogP contribution >= 0.6 is 11.8 Å². The van der Waals surface area contributed by atoms with Crippen molar-refractivity contribution in [3.8, 4) is 0 Å². The average molecular weight is 255 g/mol. The zero-order valence-electron chi connectivity index (χ0n) is 10.9. The van der Waals surface area contributed by atoms with E-state index in [1.54, 1.807) is 0 Å². The maximum Gasteiger partial charge on any atom is 0.0352 e. The lowest BCUT2D eigenvalue weighted by Crippen LogP contribution is -2.53. The van der Waals surface area contributed by atoms with Crippen LogP contribution in [0.25, 0.3) is 0 Å². The summed E-state index contributed by atoms with van der Waals surface area (Å²) in [4.78, 5) is 5.41. The molecule has 2 saturated heterocycles. The van der Waals surface area contributed by atoms with Crippen LogP contribution in [-0.2, 0) is 0 Å². The zero-order valence-corrected chi connectivity index (χ0v) is 11.7. The second kappa shape index (κ2) is 5.47. The highest BCUT2D eigenvalue weighted by Gasteiger charge is 2.34. The third-order valence-electron chi connectivity index (χ3n) is 4.52. The van der Waals surface area contributed by atoms with E-state index in [0.717, 1.165) is 17.2 Å². The van der Waals surface area contributed by atoms with Gasteiger partial charge in [0.2, 0.25) is 0 Å². The highest BCUT2D eigenvalue weighted by Crippen LogP contribution is 2.30. The number of nitrogens with zero attached hydrogens (tertiary/aromatic N) is 2. The van der Waals surface area contributed by atoms with E-state index in [4.69, 9.17) is 0 Å². The summed E-state index contributed by atoms with van der Waals surface area (Å²) < 4.78 is 0. The Balaban J connectivity index is 1.46. The number of rotatable bonds is 4. The number of hydrogen-bond acceptors (Lipinski definition) is 4. The highest BCUT2D eigenvalue weighted by atomic mass is 32.2. The smallest absolute Gasteiger partial charge is 0.0352 e. The Morgan fingerprint density at radius 2 is 1.88 bits per heavy atom. The van der Waals surface area contributed by atoms with Gasteiger partial charge in [0.05, 0.1) is 0 Å². The van der Waals surface area contributed by atoms with Gasteiger partial charge in [0.15, 0.2) is 0 Å². The van der Waals surface area contributed by atoms with Gasteiger partial charge in [-0.3, -0.25) is 4.90 Å². The molecule has 1 aliphatic carbocycles. The molecular formula is C13H25N3S. The van der Waals surface area contributed by atoms with Crippen molar-refractivity contribution in [2.75, 3.05) is 52.1 Å². The topological polar surface area (TPSA) is 18.5 Å².